The Morgan fingerprint density at radius 2 is 1.69 bits per heavy atom. The van der Waals surface area contributed by atoms with Crippen LogP contribution in [0, 0.1) is 12.3 Å². The van der Waals surface area contributed by atoms with Gasteiger partial charge in [-0.15, -0.1) is 0 Å². The number of pyridine rings is 1. The summed E-state index contributed by atoms with van der Waals surface area (Å²) in [6.45, 7) is 7.08. The highest BCUT2D eigenvalue weighted by Crippen LogP contribution is 2.55. The van der Waals surface area contributed by atoms with Gasteiger partial charge in [-0.1, -0.05) is 41.9 Å². The molecule has 1 aliphatic heterocycles. The molecule has 4 fully saturated rings. The number of nitrogens with one attached hydrogen (secondary N) is 2. The molecule has 1 aromatic heterocycles. The lowest BCUT2D eigenvalue weighted by molar-refractivity contribution is -0.175. The molecule has 2 N–H and O–H groups in total. The lowest BCUT2D eigenvalue weighted by Crippen LogP contribution is -2.68. The number of anilines is 2. The van der Waals surface area contributed by atoms with Gasteiger partial charge in [0.05, 0.1) is 46.9 Å². The number of ether oxygens (including phenoxy) is 2. The number of alkyl halides is 4. The van der Waals surface area contributed by atoms with Crippen LogP contribution in [0.4, 0.5) is 29.1 Å². The first-order valence-corrected chi connectivity index (χ1v) is 17.4. The highest BCUT2D eigenvalue weighted by atomic mass is 79.9. The van der Waals surface area contributed by atoms with Gasteiger partial charge in [-0.2, -0.15) is 8.78 Å². The molecule has 266 valence electrons. The van der Waals surface area contributed by atoms with Crippen molar-refractivity contribution >= 4 is 50.2 Å². The summed E-state index contributed by atoms with van der Waals surface area (Å²) in [6, 6.07) is 11.0. The maximum atomic E-state index is 14.5. The Balaban J connectivity index is 0.00000230. The Hall–Kier alpha value is -3.61. The summed E-state index contributed by atoms with van der Waals surface area (Å²) in [5, 5.41) is 7.19. The number of nitrogens with zero attached hydrogens (tertiary/aromatic N) is 2. The van der Waals surface area contributed by atoms with Gasteiger partial charge < -0.3 is 25.0 Å². The minimum atomic E-state index is -3.05. The Labute approximate surface area is 292 Å². The Kier molecular flexibility index (Phi) is 10.2. The highest BCUT2D eigenvalue weighted by molar-refractivity contribution is 9.10. The largest absolute Gasteiger partial charge is 0.460 e. The number of carbonyl (C=O) groups excluding carboxylic acids is 2. The second kappa shape index (κ2) is 13.6. The van der Waals surface area contributed by atoms with E-state index in [-0.39, 0.29) is 18.1 Å². The van der Waals surface area contributed by atoms with Gasteiger partial charge in [0.1, 0.15) is 17.2 Å². The predicted molar refractivity (Wildman–Crippen MR) is 185 cm³/mol. The van der Waals surface area contributed by atoms with Crippen LogP contribution in [0.5, 0.6) is 5.75 Å². The van der Waals surface area contributed by atoms with Crippen molar-refractivity contribution < 1.29 is 36.6 Å². The maximum absolute atomic E-state index is 14.5. The van der Waals surface area contributed by atoms with E-state index in [9.17, 15) is 27.2 Å². The van der Waals surface area contributed by atoms with Crippen LogP contribution in [-0.2, 0) is 9.53 Å². The molecule has 3 aromatic rings. The molecule has 1 amide bonds. The van der Waals surface area contributed by atoms with E-state index in [1.165, 1.54) is 11.0 Å². The fourth-order valence-electron chi connectivity index (χ4n) is 7.23. The van der Waals surface area contributed by atoms with Gasteiger partial charge >= 0.3 is 12.6 Å². The minimum absolute atomic E-state index is 0.0615. The Morgan fingerprint density at radius 1 is 1.04 bits per heavy atom. The highest BCUT2D eigenvalue weighted by Gasteiger charge is 2.59. The van der Waals surface area contributed by atoms with Crippen LogP contribution >= 0.6 is 15.9 Å². The van der Waals surface area contributed by atoms with Gasteiger partial charge in [0.15, 0.2) is 0 Å². The van der Waals surface area contributed by atoms with Gasteiger partial charge in [0, 0.05) is 15.4 Å². The number of benzene rings is 2. The van der Waals surface area contributed by atoms with Crippen LogP contribution in [0.15, 0.2) is 46.9 Å². The third-order valence-electron chi connectivity index (χ3n) is 9.52. The second-order valence-electron chi connectivity index (χ2n) is 14.0. The second-order valence-corrected chi connectivity index (χ2v) is 14.9. The Morgan fingerprint density at radius 3 is 2.31 bits per heavy atom. The first kappa shape index (κ1) is 36.7. The van der Waals surface area contributed by atoms with E-state index in [0.29, 0.717) is 63.7 Å². The molecule has 0 spiro atoms. The molecule has 3 aliphatic carbocycles. The smallest absolute Gasteiger partial charge is 0.387 e. The van der Waals surface area contributed by atoms with Crippen LogP contribution in [0.1, 0.15) is 82.6 Å². The molecule has 49 heavy (non-hydrogen) atoms. The zero-order valence-electron chi connectivity index (χ0n) is 28.6. The topological polar surface area (TPSA) is 92.8 Å². The van der Waals surface area contributed by atoms with Gasteiger partial charge in [-0.3, -0.25) is 9.59 Å². The summed E-state index contributed by atoms with van der Waals surface area (Å²) < 4.78 is 65.8. The molecule has 0 radical (unpaired) electrons. The lowest BCUT2D eigenvalue weighted by atomic mass is 9.54. The summed E-state index contributed by atoms with van der Waals surface area (Å²) in [5.41, 5.74) is -0.879. The molecule has 1 atom stereocenters. The fraction of sp³-hybridized carbons (Fsp3) is 0.528. The third-order valence-corrected chi connectivity index (χ3v) is 10.0. The quantitative estimate of drug-likeness (QED) is 0.176. The first-order valence-electron chi connectivity index (χ1n) is 16.6. The number of esters is 1. The van der Waals surface area contributed by atoms with E-state index < -0.39 is 54.1 Å². The molecule has 1 saturated heterocycles. The molecule has 4 aliphatic rings. The summed E-state index contributed by atoms with van der Waals surface area (Å²) >= 11 is 3.48. The minimum Gasteiger partial charge on any atom is -0.460 e. The molecule has 1 unspecified atom stereocenters. The number of rotatable bonds is 8. The number of amides is 1. The van der Waals surface area contributed by atoms with Gasteiger partial charge in [-0.25, -0.2) is 13.8 Å². The third kappa shape index (κ3) is 7.46. The standard InChI is InChI=1S/C34H37BrF4N4O4.C2H6/c1-19-26(21-15-20(35)9-10-22(21)41-27(19)43-17-34(38,39)18-43)28(44)42-33-13-11-32(12-14-33,29(45)47-31(2,3)4)16-25(33)40-23-7-5-6-8-24(23)46-30(36)37;1-2/h5-10,15,25,30,40H,11-14,16-18H2,1-4H3,(H,42,44);1-2H3. The number of para-hydroxylation sites is 2. The fourth-order valence-corrected chi connectivity index (χ4v) is 7.59. The molecule has 2 heterocycles. The van der Waals surface area contributed by atoms with Gasteiger partial charge in [-0.05, 0) is 90.1 Å². The molecule has 8 nitrogen and oxygen atoms in total. The van der Waals surface area contributed by atoms with Crippen LogP contribution in [0.2, 0.25) is 0 Å². The van der Waals surface area contributed by atoms with Crippen LogP contribution in [0.25, 0.3) is 10.9 Å². The lowest BCUT2D eigenvalue weighted by Gasteiger charge is -2.57. The number of carbonyl (C=O) groups is 2. The van der Waals surface area contributed by atoms with Crippen LogP contribution < -0.4 is 20.3 Å². The van der Waals surface area contributed by atoms with Gasteiger partial charge in [0.25, 0.3) is 11.8 Å². The first-order chi connectivity index (χ1) is 23.0. The van der Waals surface area contributed by atoms with E-state index >= 15 is 0 Å². The summed E-state index contributed by atoms with van der Waals surface area (Å²) in [4.78, 5) is 34.2. The maximum Gasteiger partial charge on any atom is 0.387 e. The predicted octanol–water partition coefficient (Wildman–Crippen LogP) is 8.64. The summed E-state index contributed by atoms with van der Waals surface area (Å²) in [7, 11) is 0. The van der Waals surface area contributed by atoms with Gasteiger partial charge in [0.2, 0.25) is 0 Å². The van der Waals surface area contributed by atoms with Crippen molar-refractivity contribution in [3.8, 4) is 5.75 Å². The van der Waals surface area contributed by atoms with Crippen molar-refractivity contribution in [2.75, 3.05) is 23.3 Å². The summed E-state index contributed by atoms with van der Waals surface area (Å²) in [6.07, 6.45) is 1.99. The number of fused-ring (bicyclic) bond motifs is 4. The molecule has 7 rings (SSSR count). The van der Waals surface area contributed by atoms with Crippen molar-refractivity contribution in [2.24, 2.45) is 5.41 Å². The molecular weight excluding hydrogens is 708 g/mol. The van der Waals surface area contributed by atoms with Crippen molar-refractivity contribution in [2.45, 2.75) is 103 Å². The normalized spacial score (nSPS) is 24.1. The Bertz CT molecular complexity index is 1720. The number of aromatic nitrogens is 1. The molecule has 2 bridgehead atoms. The molecule has 3 saturated carbocycles. The van der Waals surface area contributed by atoms with E-state index in [1.54, 1.807) is 64.1 Å². The van der Waals surface area contributed by atoms with Crippen molar-refractivity contribution in [3.63, 3.8) is 0 Å². The number of hydrogen-bond acceptors (Lipinski definition) is 7. The van der Waals surface area contributed by atoms with Crippen molar-refractivity contribution in [1.82, 2.24) is 10.3 Å². The van der Waals surface area contributed by atoms with E-state index in [1.807, 2.05) is 13.8 Å². The average molecular weight is 752 g/mol. The van der Waals surface area contributed by atoms with Crippen LogP contribution in [-0.4, -0.2) is 59.7 Å². The van der Waals surface area contributed by atoms with E-state index in [0.717, 1.165) is 0 Å². The van der Waals surface area contributed by atoms with Crippen LogP contribution in [0.3, 0.4) is 0 Å². The van der Waals surface area contributed by atoms with Crippen molar-refractivity contribution in [1.29, 1.82) is 0 Å². The van der Waals surface area contributed by atoms with E-state index in [4.69, 9.17) is 9.47 Å². The number of hydrogen-bond donors (Lipinski definition) is 2. The zero-order valence-corrected chi connectivity index (χ0v) is 30.1. The van der Waals surface area contributed by atoms with E-state index in [2.05, 4.69) is 31.5 Å². The zero-order chi connectivity index (χ0) is 35.9. The number of halogens is 5. The monoisotopic (exact) mass is 750 g/mol. The summed E-state index contributed by atoms with van der Waals surface area (Å²) in [5.74, 6) is -3.33. The molecular formula is C36H43BrF4N4O4. The molecule has 13 heteroatoms. The average Bonchev–Trinajstić information content (AvgIpc) is 3.01. The molecule has 2 aromatic carbocycles. The van der Waals surface area contributed by atoms with Crippen molar-refractivity contribution in [3.05, 3.63) is 58.1 Å². The SMILES string of the molecule is CC.Cc1c(N2CC(F)(F)C2)nc2ccc(Br)cc2c1C(=O)NC12CCC(C(=O)OC(C)(C)C)(CC1)CC2Nc1ccccc1OC(F)F.